The van der Waals surface area contributed by atoms with Crippen molar-refractivity contribution in [1.29, 1.82) is 0 Å². The summed E-state index contributed by atoms with van der Waals surface area (Å²) in [6, 6.07) is 4.58. The van der Waals surface area contributed by atoms with Crippen molar-refractivity contribution in [2.24, 2.45) is 0 Å². The number of rotatable bonds is 4. The summed E-state index contributed by atoms with van der Waals surface area (Å²) in [5, 5.41) is 0. The van der Waals surface area contributed by atoms with E-state index in [-0.39, 0.29) is 17.6 Å². The smallest absolute Gasteiger partial charge is 0.257 e. The molecule has 3 aromatic rings. The number of piperidine rings is 1. The number of halogens is 1. The normalized spacial score (nSPS) is 15.4. The molecule has 2 aromatic heterocycles. The molecule has 1 saturated heterocycles. The van der Waals surface area contributed by atoms with Gasteiger partial charge < -0.3 is 9.88 Å². The molecule has 0 unspecified atom stereocenters. The summed E-state index contributed by atoms with van der Waals surface area (Å²) in [6.45, 7) is 3.39. The van der Waals surface area contributed by atoms with E-state index in [9.17, 15) is 9.18 Å². The Kier molecular flexibility index (Phi) is 4.83. The number of nitrogens with one attached hydrogen (secondary N) is 1. The van der Waals surface area contributed by atoms with Crippen LogP contribution >= 0.6 is 0 Å². The quantitative estimate of drug-likeness (QED) is 0.766. The van der Waals surface area contributed by atoms with Crippen LogP contribution in [0.5, 0.6) is 0 Å². The van der Waals surface area contributed by atoms with Gasteiger partial charge in [0, 0.05) is 25.2 Å². The van der Waals surface area contributed by atoms with Gasteiger partial charge in [-0.25, -0.2) is 19.3 Å². The van der Waals surface area contributed by atoms with Crippen molar-refractivity contribution < 1.29 is 9.18 Å². The maximum absolute atomic E-state index is 13.4. The fourth-order valence-corrected chi connectivity index (χ4v) is 3.69. The Morgan fingerprint density at radius 1 is 1.33 bits per heavy atom. The van der Waals surface area contributed by atoms with Crippen LogP contribution in [0.25, 0.3) is 11.0 Å². The van der Waals surface area contributed by atoms with Crippen molar-refractivity contribution in [1.82, 2.24) is 24.8 Å². The Morgan fingerprint density at radius 2 is 2.15 bits per heavy atom. The van der Waals surface area contributed by atoms with E-state index in [0.717, 1.165) is 42.7 Å². The molecule has 1 amide bonds. The number of hydrogen-bond donors (Lipinski definition) is 1. The first-order chi connectivity index (χ1) is 13.2. The summed E-state index contributed by atoms with van der Waals surface area (Å²) in [4.78, 5) is 30.9. The number of imidazole rings is 1. The molecule has 0 atom stereocenters. The van der Waals surface area contributed by atoms with Crippen LogP contribution in [0.1, 0.15) is 54.0 Å². The average molecular weight is 367 g/mol. The van der Waals surface area contributed by atoms with E-state index in [1.165, 1.54) is 18.5 Å². The number of H-pyrrole nitrogens is 1. The van der Waals surface area contributed by atoms with Crippen LogP contribution in [0.4, 0.5) is 4.39 Å². The van der Waals surface area contributed by atoms with Gasteiger partial charge in [0.2, 0.25) is 0 Å². The highest BCUT2D eigenvalue weighted by Crippen LogP contribution is 2.28. The Labute approximate surface area is 156 Å². The van der Waals surface area contributed by atoms with Gasteiger partial charge >= 0.3 is 0 Å². The summed E-state index contributed by atoms with van der Waals surface area (Å²) in [7, 11) is 0. The molecular weight excluding hydrogens is 345 g/mol. The number of carbonyl (C=O) groups is 1. The van der Waals surface area contributed by atoms with Crippen LogP contribution in [-0.4, -0.2) is 43.8 Å². The summed E-state index contributed by atoms with van der Waals surface area (Å²) >= 11 is 0. The Balaban J connectivity index is 1.46. The average Bonchev–Trinajstić information content (AvgIpc) is 3.11. The minimum Gasteiger partial charge on any atom is -0.342 e. The lowest BCUT2D eigenvalue weighted by Crippen LogP contribution is -2.38. The van der Waals surface area contributed by atoms with Crippen LogP contribution < -0.4 is 0 Å². The molecule has 0 aliphatic carbocycles. The van der Waals surface area contributed by atoms with E-state index in [2.05, 4.69) is 26.9 Å². The predicted molar refractivity (Wildman–Crippen MR) is 100.0 cm³/mol. The Hall–Kier alpha value is -2.83. The lowest BCUT2D eigenvalue weighted by molar-refractivity contribution is 0.0709. The highest BCUT2D eigenvalue weighted by atomic mass is 19.1. The fourth-order valence-electron chi connectivity index (χ4n) is 3.69. The van der Waals surface area contributed by atoms with Crippen molar-refractivity contribution in [3.8, 4) is 0 Å². The van der Waals surface area contributed by atoms with Crippen LogP contribution in [0.2, 0.25) is 0 Å². The van der Waals surface area contributed by atoms with Crippen molar-refractivity contribution in [3.63, 3.8) is 0 Å². The second-order valence-electron chi connectivity index (χ2n) is 6.98. The van der Waals surface area contributed by atoms with E-state index in [4.69, 9.17) is 0 Å². The number of aryl methyl sites for hydroxylation is 1. The highest BCUT2D eigenvalue weighted by Gasteiger charge is 2.27. The molecule has 3 heterocycles. The van der Waals surface area contributed by atoms with Gasteiger partial charge in [0.25, 0.3) is 5.91 Å². The molecule has 0 bridgehead atoms. The van der Waals surface area contributed by atoms with Crippen molar-refractivity contribution in [2.45, 2.75) is 38.5 Å². The summed E-state index contributed by atoms with van der Waals surface area (Å²) in [5.74, 6) is 0.847. The topological polar surface area (TPSA) is 74.8 Å². The first-order valence-corrected chi connectivity index (χ1v) is 9.39. The molecule has 6 nitrogen and oxygen atoms in total. The van der Waals surface area contributed by atoms with Crippen LogP contribution in [-0.2, 0) is 6.42 Å². The largest absolute Gasteiger partial charge is 0.342 e. The number of benzene rings is 1. The van der Waals surface area contributed by atoms with Gasteiger partial charge in [0.15, 0.2) is 0 Å². The van der Waals surface area contributed by atoms with E-state index >= 15 is 0 Å². The molecule has 1 aromatic carbocycles. The monoisotopic (exact) mass is 367 g/mol. The lowest BCUT2D eigenvalue weighted by Gasteiger charge is -2.31. The molecule has 0 spiro atoms. The van der Waals surface area contributed by atoms with Crippen molar-refractivity contribution in [2.75, 3.05) is 13.1 Å². The third kappa shape index (κ3) is 3.54. The van der Waals surface area contributed by atoms with Gasteiger partial charge in [-0.3, -0.25) is 4.79 Å². The van der Waals surface area contributed by atoms with Crippen molar-refractivity contribution in [3.05, 3.63) is 53.6 Å². The summed E-state index contributed by atoms with van der Waals surface area (Å²) in [6.07, 6.45) is 6.48. The Bertz CT molecular complexity index is 962. The number of carbonyl (C=O) groups excluding carboxylic acids is 1. The molecule has 1 aliphatic heterocycles. The number of hydrogen-bond acceptors (Lipinski definition) is 4. The molecule has 1 fully saturated rings. The fraction of sp³-hybridized carbons (Fsp3) is 0.400. The van der Waals surface area contributed by atoms with Crippen LogP contribution in [0.15, 0.2) is 30.7 Å². The Morgan fingerprint density at radius 3 is 2.93 bits per heavy atom. The van der Waals surface area contributed by atoms with Gasteiger partial charge in [0.05, 0.1) is 22.3 Å². The maximum atomic E-state index is 13.4. The standard InChI is InChI=1S/C20H22FN5O/c1-2-3-16-15(11-22-12-23-16)20(27)26-8-6-13(7-9-26)19-24-17-5-4-14(21)10-18(17)25-19/h4-5,10-13H,2-3,6-9H2,1H3,(H,24,25). The number of likely N-dealkylation sites (tertiary alicyclic amines) is 1. The summed E-state index contributed by atoms with van der Waals surface area (Å²) in [5.41, 5.74) is 2.92. The van der Waals surface area contributed by atoms with Gasteiger partial charge in [-0.15, -0.1) is 0 Å². The van der Waals surface area contributed by atoms with Gasteiger partial charge in [-0.05, 0) is 37.5 Å². The van der Waals surface area contributed by atoms with E-state index in [1.54, 1.807) is 12.3 Å². The molecule has 0 saturated carbocycles. The molecule has 4 rings (SSSR count). The van der Waals surface area contributed by atoms with E-state index in [1.807, 2.05) is 4.90 Å². The maximum Gasteiger partial charge on any atom is 0.257 e. The lowest BCUT2D eigenvalue weighted by atomic mass is 9.95. The number of fused-ring (bicyclic) bond motifs is 1. The molecule has 140 valence electrons. The number of amides is 1. The summed E-state index contributed by atoms with van der Waals surface area (Å²) < 4.78 is 13.4. The first kappa shape index (κ1) is 17.6. The van der Waals surface area contributed by atoms with Crippen molar-refractivity contribution >= 4 is 16.9 Å². The van der Waals surface area contributed by atoms with Crippen LogP contribution in [0.3, 0.4) is 0 Å². The minimum atomic E-state index is -0.272. The number of aromatic amines is 1. The number of nitrogens with zero attached hydrogens (tertiary/aromatic N) is 4. The van der Waals surface area contributed by atoms with Crippen LogP contribution in [0, 0.1) is 5.82 Å². The first-order valence-electron chi connectivity index (χ1n) is 9.39. The molecule has 1 N–H and O–H groups in total. The van der Waals surface area contributed by atoms with E-state index < -0.39 is 0 Å². The van der Waals surface area contributed by atoms with Gasteiger partial charge in [-0.2, -0.15) is 0 Å². The molecule has 7 heteroatoms. The third-order valence-corrected chi connectivity index (χ3v) is 5.14. The van der Waals surface area contributed by atoms with E-state index in [0.29, 0.717) is 24.2 Å². The predicted octanol–water partition coefficient (Wildman–Crippen LogP) is 3.46. The molecule has 1 aliphatic rings. The SMILES string of the molecule is CCCc1ncncc1C(=O)N1CCC(c2nc3ccc(F)cc3[nH]2)CC1. The zero-order valence-electron chi connectivity index (χ0n) is 15.3. The van der Waals surface area contributed by atoms with Gasteiger partial charge in [0.1, 0.15) is 18.0 Å². The number of aromatic nitrogens is 4. The zero-order valence-corrected chi connectivity index (χ0v) is 15.3. The second kappa shape index (κ2) is 7.42. The zero-order chi connectivity index (χ0) is 18.8. The minimum absolute atomic E-state index is 0.00387. The molecule has 0 radical (unpaired) electrons. The second-order valence-corrected chi connectivity index (χ2v) is 6.98. The molecule has 27 heavy (non-hydrogen) atoms. The van der Waals surface area contributed by atoms with Gasteiger partial charge in [-0.1, -0.05) is 13.3 Å². The third-order valence-electron chi connectivity index (χ3n) is 5.14. The highest BCUT2D eigenvalue weighted by molar-refractivity contribution is 5.95. The molecular formula is C20H22FN5O.